The molecule has 0 spiro atoms. The Bertz CT molecular complexity index is 915. The molecule has 0 atom stereocenters. The number of anilines is 2. The zero-order chi connectivity index (χ0) is 18.4. The van der Waals surface area contributed by atoms with E-state index in [4.69, 9.17) is 16.3 Å². The molecule has 0 saturated carbocycles. The van der Waals surface area contributed by atoms with E-state index < -0.39 is 0 Å². The monoisotopic (exact) mass is 367 g/mol. The van der Waals surface area contributed by atoms with Crippen molar-refractivity contribution in [3.05, 3.63) is 83.1 Å². The van der Waals surface area contributed by atoms with Gasteiger partial charge in [0, 0.05) is 35.7 Å². The number of amides is 1. The maximum Gasteiger partial charge on any atom is 0.257 e. The molecule has 0 aliphatic rings. The smallest absolute Gasteiger partial charge is 0.257 e. The van der Waals surface area contributed by atoms with Crippen molar-refractivity contribution in [2.45, 2.75) is 6.54 Å². The second-order valence-electron chi connectivity index (χ2n) is 5.59. The molecule has 0 aliphatic heterocycles. The summed E-state index contributed by atoms with van der Waals surface area (Å²) in [6.07, 6.45) is 3.19. The molecule has 6 heteroatoms. The van der Waals surface area contributed by atoms with Crippen LogP contribution in [0.15, 0.2) is 67.0 Å². The lowest BCUT2D eigenvalue weighted by atomic mass is 10.2. The van der Waals surface area contributed by atoms with Gasteiger partial charge in [-0.1, -0.05) is 35.9 Å². The Morgan fingerprint density at radius 1 is 1.08 bits per heavy atom. The SMILES string of the molecule is COc1cccc(NC(=O)c2cncc(NCc3ccccc3Cl)c2)c1. The first-order valence-electron chi connectivity index (χ1n) is 8.03. The van der Waals surface area contributed by atoms with Gasteiger partial charge in [-0.05, 0) is 29.8 Å². The Morgan fingerprint density at radius 3 is 2.73 bits per heavy atom. The Balaban J connectivity index is 1.68. The zero-order valence-corrected chi connectivity index (χ0v) is 15.0. The Labute approximate surface area is 157 Å². The molecular weight excluding hydrogens is 350 g/mol. The Kier molecular flexibility index (Phi) is 5.71. The van der Waals surface area contributed by atoms with Gasteiger partial charge in [0.2, 0.25) is 0 Å². The molecule has 1 amide bonds. The highest BCUT2D eigenvalue weighted by Crippen LogP contribution is 2.19. The van der Waals surface area contributed by atoms with Crippen molar-refractivity contribution >= 4 is 28.9 Å². The van der Waals surface area contributed by atoms with E-state index in [1.54, 1.807) is 31.5 Å². The number of nitrogens with zero attached hydrogens (tertiary/aromatic N) is 1. The van der Waals surface area contributed by atoms with Gasteiger partial charge in [0.05, 0.1) is 18.4 Å². The fraction of sp³-hybridized carbons (Fsp3) is 0.100. The third-order valence-electron chi connectivity index (χ3n) is 3.77. The first-order chi connectivity index (χ1) is 12.7. The number of carbonyl (C=O) groups is 1. The number of pyridine rings is 1. The maximum absolute atomic E-state index is 12.5. The summed E-state index contributed by atoms with van der Waals surface area (Å²) in [5.41, 5.74) is 2.82. The minimum absolute atomic E-state index is 0.243. The minimum Gasteiger partial charge on any atom is -0.497 e. The fourth-order valence-electron chi connectivity index (χ4n) is 2.40. The third-order valence-corrected chi connectivity index (χ3v) is 4.14. The van der Waals surface area contributed by atoms with Gasteiger partial charge >= 0.3 is 0 Å². The molecule has 0 radical (unpaired) electrons. The van der Waals surface area contributed by atoms with Crippen LogP contribution in [0.3, 0.4) is 0 Å². The summed E-state index contributed by atoms with van der Waals surface area (Å²) in [5.74, 6) is 0.434. The van der Waals surface area contributed by atoms with Gasteiger partial charge in [-0.15, -0.1) is 0 Å². The van der Waals surface area contributed by atoms with E-state index in [-0.39, 0.29) is 5.91 Å². The van der Waals surface area contributed by atoms with Gasteiger partial charge in [-0.25, -0.2) is 0 Å². The van der Waals surface area contributed by atoms with E-state index >= 15 is 0 Å². The van der Waals surface area contributed by atoms with Crippen LogP contribution in [0.2, 0.25) is 5.02 Å². The van der Waals surface area contributed by atoms with Crippen LogP contribution in [0.25, 0.3) is 0 Å². The summed E-state index contributed by atoms with van der Waals surface area (Å²) < 4.78 is 5.16. The van der Waals surface area contributed by atoms with E-state index in [1.807, 2.05) is 36.4 Å². The number of hydrogen-bond acceptors (Lipinski definition) is 4. The van der Waals surface area contributed by atoms with Crippen molar-refractivity contribution in [2.75, 3.05) is 17.7 Å². The first kappa shape index (κ1) is 17.8. The molecule has 0 aliphatic carbocycles. The summed E-state index contributed by atoms with van der Waals surface area (Å²) >= 11 is 6.16. The standard InChI is InChI=1S/C20H18ClN3O2/c1-26-18-7-4-6-16(10-18)24-20(25)15-9-17(13-22-11-15)23-12-14-5-2-3-8-19(14)21/h2-11,13,23H,12H2,1H3,(H,24,25). The highest BCUT2D eigenvalue weighted by molar-refractivity contribution is 6.31. The van der Waals surface area contributed by atoms with Crippen LogP contribution in [-0.4, -0.2) is 18.0 Å². The average molecular weight is 368 g/mol. The third kappa shape index (κ3) is 4.52. The number of nitrogens with one attached hydrogen (secondary N) is 2. The normalized spacial score (nSPS) is 10.2. The van der Waals surface area contributed by atoms with Crippen LogP contribution in [-0.2, 0) is 6.54 Å². The van der Waals surface area contributed by atoms with Crippen LogP contribution in [0.5, 0.6) is 5.75 Å². The number of hydrogen-bond donors (Lipinski definition) is 2. The molecule has 2 N–H and O–H groups in total. The molecule has 3 aromatic rings. The van der Waals surface area contributed by atoms with E-state index in [1.165, 1.54) is 6.20 Å². The Morgan fingerprint density at radius 2 is 1.92 bits per heavy atom. The molecule has 132 valence electrons. The van der Waals surface area contributed by atoms with Crippen LogP contribution in [0.4, 0.5) is 11.4 Å². The summed E-state index contributed by atoms with van der Waals surface area (Å²) in [6, 6.07) is 16.5. The van der Waals surface area contributed by atoms with Gasteiger partial charge < -0.3 is 15.4 Å². The van der Waals surface area contributed by atoms with E-state index in [0.717, 1.165) is 11.3 Å². The molecule has 26 heavy (non-hydrogen) atoms. The van der Waals surface area contributed by atoms with Crippen molar-refractivity contribution in [1.82, 2.24) is 4.98 Å². The zero-order valence-electron chi connectivity index (χ0n) is 14.2. The molecule has 0 unspecified atom stereocenters. The number of rotatable bonds is 6. The van der Waals surface area contributed by atoms with Crippen LogP contribution in [0.1, 0.15) is 15.9 Å². The lowest BCUT2D eigenvalue weighted by Gasteiger charge is -2.10. The number of methoxy groups -OCH3 is 1. The van der Waals surface area contributed by atoms with Crippen LogP contribution < -0.4 is 15.4 Å². The minimum atomic E-state index is -0.243. The second-order valence-corrected chi connectivity index (χ2v) is 6.00. The topological polar surface area (TPSA) is 63.2 Å². The predicted molar refractivity (Wildman–Crippen MR) is 104 cm³/mol. The van der Waals surface area contributed by atoms with Gasteiger partial charge in [0.25, 0.3) is 5.91 Å². The summed E-state index contributed by atoms with van der Waals surface area (Å²) in [6.45, 7) is 0.544. The van der Waals surface area contributed by atoms with Crippen LogP contribution in [0, 0.1) is 0 Å². The van der Waals surface area contributed by atoms with Crippen LogP contribution >= 0.6 is 11.6 Å². The van der Waals surface area contributed by atoms with E-state index in [2.05, 4.69) is 15.6 Å². The van der Waals surface area contributed by atoms with Gasteiger partial charge in [-0.2, -0.15) is 0 Å². The van der Waals surface area contributed by atoms with Crippen molar-refractivity contribution in [3.63, 3.8) is 0 Å². The van der Waals surface area contributed by atoms with Crippen molar-refractivity contribution in [2.24, 2.45) is 0 Å². The highest BCUT2D eigenvalue weighted by atomic mass is 35.5. The molecular formula is C20H18ClN3O2. The quantitative estimate of drug-likeness (QED) is 0.668. The molecule has 0 saturated heterocycles. The van der Waals surface area contributed by atoms with Crippen molar-refractivity contribution in [3.8, 4) is 5.75 Å². The number of ether oxygens (including phenoxy) is 1. The number of halogens is 1. The second kappa shape index (κ2) is 8.36. The molecule has 2 aromatic carbocycles. The number of carbonyl (C=O) groups excluding carboxylic acids is 1. The van der Waals surface area contributed by atoms with Crippen molar-refractivity contribution in [1.29, 1.82) is 0 Å². The molecule has 5 nitrogen and oxygen atoms in total. The van der Waals surface area contributed by atoms with Gasteiger partial charge in [-0.3, -0.25) is 9.78 Å². The Hall–Kier alpha value is -3.05. The number of aromatic nitrogens is 1. The molecule has 1 aromatic heterocycles. The molecule has 1 heterocycles. The van der Waals surface area contributed by atoms with E-state index in [0.29, 0.717) is 28.6 Å². The highest BCUT2D eigenvalue weighted by Gasteiger charge is 2.08. The maximum atomic E-state index is 12.5. The predicted octanol–water partition coefficient (Wildman–Crippen LogP) is 4.61. The lowest BCUT2D eigenvalue weighted by Crippen LogP contribution is -2.13. The van der Waals surface area contributed by atoms with Crippen molar-refractivity contribution < 1.29 is 9.53 Å². The van der Waals surface area contributed by atoms with Gasteiger partial charge in [0.1, 0.15) is 5.75 Å². The number of benzene rings is 2. The molecule has 0 fully saturated rings. The first-order valence-corrected chi connectivity index (χ1v) is 8.41. The summed E-state index contributed by atoms with van der Waals surface area (Å²) in [4.78, 5) is 16.6. The summed E-state index contributed by atoms with van der Waals surface area (Å²) in [5, 5.41) is 6.76. The van der Waals surface area contributed by atoms with E-state index in [9.17, 15) is 4.79 Å². The molecule has 3 rings (SSSR count). The average Bonchev–Trinajstić information content (AvgIpc) is 2.68. The fourth-order valence-corrected chi connectivity index (χ4v) is 2.61. The molecule has 0 bridgehead atoms. The van der Waals surface area contributed by atoms with Gasteiger partial charge in [0.15, 0.2) is 0 Å². The summed E-state index contributed by atoms with van der Waals surface area (Å²) in [7, 11) is 1.58. The largest absolute Gasteiger partial charge is 0.497 e. The lowest BCUT2D eigenvalue weighted by molar-refractivity contribution is 0.102.